The van der Waals surface area contributed by atoms with Crippen molar-refractivity contribution in [2.75, 3.05) is 6.54 Å². The molecule has 1 amide bonds. The molecule has 1 saturated carbocycles. The van der Waals surface area contributed by atoms with Gasteiger partial charge in [0.25, 0.3) is 5.91 Å². The molecule has 0 aliphatic heterocycles. The average Bonchev–Trinajstić information content (AvgIpc) is 3.32. The number of amides is 1. The zero-order valence-corrected chi connectivity index (χ0v) is 14.4. The first-order valence-corrected chi connectivity index (χ1v) is 7.77. The summed E-state index contributed by atoms with van der Waals surface area (Å²) >= 11 is 0. The van der Waals surface area contributed by atoms with E-state index in [4.69, 9.17) is 10.5 Å². The van der Waals surface area contributed by atoms with Crippen molar-refractivity contribution in [1.82, 2.24) is 5.32 Å². The summed E-state index contributed by atoms with van der Waals surface area (Å²) in [6, 6.07) is 7.30. The van der Waals surface area contributed by atoms with Crippen LogP contribution in [0.2, 0.25) is 0 Å². The highest BCUT2D eigenvalue weighted by atomic mass is 35.5. The summed E-state index contributed by atoms with van der Waals surface area (Å²) in [5, 5.41) is 3.09. The van der Waals surface area contributed by atoms with Gasteiger partial charge in [0, 0.05) is 12.1 Å². The summed E-state index contributed by atoms with van der Waals surface area (Å²) in [6.07, 6.45) is 3.43. The number of nitrogens with two attached hydrogens (primary N) is 1. The van der Waals surface area contributed by atoms with Crippen LogP contribution in [0.15, 0.2) is 24.3 Å². The van der Waals surface area contributed by atoms with Gasteiger partial charge in [-0.15, -0.1) is 12.4 Å². The molecule has 1 fully saturated rings. The average molecular weight is 327 g/mol. The number of halogens is 1. The number of hydrogen-bond acceptors (Lipinski definition) is 3. The Labute approximate surface area is 139 Å². The van der Waals surface area contributed by atoms with Gasteiger partial charge < -0.3 is 15.8 Å². The quantitative estimate of drug-likeness (QED) is 0.809. The van der Waals surface area contributed by atoms with E-state index in [0.29, 0.717) is 18.0 Å². The fraction of sp³-hybridized carbons (Fsp3) is 0.588. The summed E-state index contributed by atoms with van der Waals surface area (Å²) in [4.78, 5) is 12.3. The molecule has 1 aliphatic carbocycles. The van der Waals surface area contributed by atoms with Crippen LogP contribution < -0.4 is 15.8 Å². The number of ether oxygens (including phenoxy) is 1. The van der Waals surface area contributed by atoms with Crippen LogP contribution in [0.1, 0.15) is 50.4 Å². The number of carbonyl (C=O) groups excluding carboxylic acids is 1. The summed E-state index contributed by atoms with van der Waals surface area (Å²) in [5.41, 5.74) is 6.19. The summed E-state index contributed by atoms with van der Waals surface area (Å²) in [5.74, 6) is 1.24. The van der Waals surface area contributed by atoms with E-state index >= 15 is 0 Å². The van der Waals surface area contributed by atoms with E-state index in [1.807, 2.05) is 26.0 Å². The van der Waals surface area contributed by atoms with E-state index in [-0.39, 0.29) is 30.0 Å². The van der Waals surface area contributed by atoms with Crippen molar-refractivity contribution in [3.63, 3.8) is 0 Å². The van der Waals surface area contributed by atoms with Gasteiger partial charge in [-0.3, -0.25) is 4.79 Å². The van der Waals surface area contributed by atoms with Gasteiger partial charge in [-0.25, -0.2) is 0 Å². The minimum Gasteiger partial charge on any atom is -0.491 e. The topological polar surface area (TPSA) is 64.3 Å². The Bertz CT molecular complexity index is 488. The largest absolute Gasteiger partial charge is 0.491 e. The lowest BCUT2D eigenvalue weighted by Crippen LogP contribution is -2.53. The molecular weight excluding hydrogens is 300 g/mol. The van der Waals surface area contributed by atoms with Crippen LogP contribution >= 0.6 is 12.4 Å². The Morgan fingerprint density at radius 1 is 1.41 bits per heavy atom. The molecule has 124 valence electrons. The first-order valence-electron chi connectivity index (χ1n) is 7.77. The van der Waals surface area contributed by atoms with Crippen molar-refractivity contribution in [3.8, 4) is 5.75 Å². The molecule has 1 aromatic rings. The first-order chi connectivity index (χ1) is 9.98. The number of hydrogen-bond donors (Lipinski definition) is 2. The predicted octanol–water partition coefficient (Wildman–Crippen LogP) is 3.14. The number of benzene rings is 1. The highest BCUT2D eigenvalue weighted by Gasteiger charge is 2.41. The normalized spacial score (nSPS) is 17.8. The number of nitrogens with one attached hydrogen (secondary N) is 1. The van der Waals surface area contributed by atoms with Crippen LogP contribution in [0.5, 0.6) is 5.75 Å². The maximum atomic E-state index is 12.3. The zero-order valence-electron chi connectivity index (χ0n) is 13.6. The third-order valence-electron chi connectivity index (χ3n) is 4.33. The third kappa shape index (κ3) is 4.62. The predicted molar refractivity (Wildman–Crippen MR) is 91.7 cm³/mol. The maximum absolute atomic E-state index is 12.3. The van der Waals surface area contributed by atoms with Crippen LogP contribution in [0.3, 0.4) is 0 Å². The number of rotatable bonds is 7. The molecule has 0 radical (unpaired) electrons. The second-order valence-electron chi connectivity index (χ2n) is 6.21. The zero-order chi connectivity index (χ0) is 15.5. The molecule has 2 rings (SSSR count). The van der Waals surface area contributed by atoms with Crippen molar-refractivity contribution in [2.24, 2.45) is 11.7 Å². The van der Waals surface area contributed by atoms with Gasteiger partial charge in [-0.1, -0.05) is 6.92 Å². The molecule has 0 heterocycles. The Morgan fingerprint density at radius 2 is 2.00 bits per heavy atom. The second kappa shape index (κ2) is 7.84. The summed E-state index contributed by atoms with van der Waals surface area (Å²) in [6.45, 7) is 6.61. The first kappa shape index (κ1) is 18.8. The van der Waals surface area contributed by atoms with Gasteiger partial charge in [0.15, 0.2) is 0 Å². The molecule has 0 spiro atoms. The maximum Gasteiger partial charge on any atom is 0.251 e. The molecule has 2 atom stereocenters. The van der Waals surface area contributed by atoms with E-state index in [9.17, 15) is 4.79 Å². The Morgan fingerprint density at radius 3 is 2.45 bits per heavy atom. The Kier molecular flexibility index (Phi) is 6.69. The van der Waals surface area contributed by atoms with E-state index in [1.165, 1.54) is 0 Å². The van der Waals surface area contributed by atoms with Crippen molar-refractivity contribution in [2.45, 2.75) is 51.7 Å². The van der Waals surface area contributed by atoms with Gasteiger partial charge in [0.2, 0.25) is 0 Å². The number of carbonyl (C=O) groups is 1. The summed E-state index contributed by atoms with van der Waals surface area (Å²) in [7, 11) is 0. The van der Waals surface area contributed by atoms with Crippen molar-refractivity contribution in [3.05, 3.63) is 29.8 Å². The van der Waals surface area contributed by atoms with Gasteiger partial charge in [-0.2, -0.15) is 0 Å². The molecular formula is C17H27ClN2O2. The second-order valence-corrected chi connectivity index (χ2v) is 6.21. The monoisotopic (exact) mass is 326 g/mol. The van der Waals surface area contributed by atoms with Crippen molar-refractivity contribution in [1.29, 1.82) is 0 Å². The van der Waals surface area contributed by atoms with E-state index in [1.54, 1.807) is 12.1 Å². The SMILES string of the molecule is CCC(C)Oc1ccc(C(=O)NC(C)(CN)C2CC2)cc1.Cl. The highest BCUT2D eigenvalue weighted by molar-refractivity contribution is 5.94. The van der Waals surface area contributed by atoms with Gasteiger partial charge in [0.05, 0.1) is 11.6 Å². The van der Waals surface area contributed by atoms with Crippen LogP contribution in [0.25, 0.3) is 0 Å². The highest BCUT2D eigenvalue weighted by Crippen LogP contribution is 2.39. The fourth-order valence-electron chi connectivity index (χ4n) is 2.37. The van der Waals surface area contributed by atoms with Crippen LogP contribution in [0.4, 0.5) is 0 Å². The molecule has 4 nitrogen and oxygen atoms in total. The smallest absolute Gasteiger partial charge is 0.251 e. The Balaban J connectivity index is 0.00000242. The fourth-order valence-corrected chi connectivity index (χ4v) is 2.37. The minimum atomic E-state index is -0.289. The Hall–Kier alpha value is -1.26. The lowest BCUT2D eigenvalue weighted by molar-refractivity contribution is 0.0898. The van der Waals surface area contributed by atoms with Crippen molar-refractivity contribution < 1.29 is 9.53 Å². The lowest BCUT2D eigenvalue weighted by Gasteiger charge is -2.29. The minimum absolute atomic E-state index is 0. The van der Waals surface area contributed by atoms with Crippen LogP contribution in [0, 0.1) is 5.92 Å². The van der Waals surface area contributed by atoms with Crippen LogP contribution in [-0.2, 0) is 0 Å². The molecule has 22 heavy (non-hydrogen) atoms. The molecule has 3 N–H and O–H groups in total. The molecule has 1 aliphatic rings. The molecule has 0 bridgehead atoms. The molecule has 2 unspecified atom stereocenters. The third-order valence-corrected chi connectivity index (χ3v) is 4.33. The molecule has 5 heteroatoms. The van der Waals surface area contributed by atoms with E-state index in [2.05, 4.69) is 12.2 Å². The van der Waals surface area contributed by atoms with Crippen molar-refractivity contribution >= 4 is 18.3 Å². The van der Waals surface area contributed by atoms with Gasteiger partial charge >= 0.3 is 0 Å². The van der Waals surface area contributed by atoms with Gasteiger partial charge in [0.1, 0.15) is 5.75 Å². The van der Waals surface area contributed by atoms with E-state index in [0.717, 1.165) is 25.0 Å². The van der Waals surface area contributed by atoms with Gasteiger partial charge in [-0.05, 0) is 63.3 Å². The van der Waals surface area contributed by atoms with E-state index < -0.39 is 0 Å². The standard InChI is InChI=1S/C17H26N2O2.ClH/c1-4-12(2)21-15-9-5-13(6-10-15)16(20)19-17(3,11-18)14-7-8-14;/h5-6,9-10,12,14H,4,7-8,11,18H2,1-3H3,(H,19,20);1H. The molecule has 0 aromatic heterocycles. The molecule has 1 aromatic carbocycles. The lowest BCUT2D eigenvalue weighted by atomic mass is 9.95. The molecule has 0 saturated heterocycles. The van der Waals surface area contributed by atoms with Crippen LogP contribution in [-0.4, -0.2) is 24.1 Å². The summed E-state index contributed by atoms with van der Waals surface area (Å²) < 4.78 is 5.72.